The van der Waals surface area contributed by atoms with E-state index in [1.165, 1.54) is 12.1 Å². The fourth-order valence-corrected chi connectivity index (χ4v) is 1.09. The Morgan fingerprint density at radius 1 is 1.47 bits per heavy atom. The lowest BCUT2D eigenvalue weighted by Crippen LogP contribution is -2.19. The molecule has 0 spiro atoms. The summed E-state index contributed by atoms with van der Waals surface area (Å²) in [5, 5.41) is 10.7. The fraction of sp³-hybridized carbons (Fsp3) is 0.200. The molecule has 0 heterocycles. The zero-order valence-electron chi connectivity index (χ0n) is 8.63. The molecule has 90 valence electrons. The number of anilines is 1. The maximum atomic E-state index is 12.1. The first kappa shape index (κ1) is 12.8. The molecule has 1 aromatic rings. The number of amides is 1. The van der Waals surface area contributed by atoms with Crippen LogP contribution in [0.25, 0.3) is 0 Å². The van der Waals surface area contributed by atoms with Crippen LogP contribution < -0.4 is 10.1 Å². The van der Waals surface area contributed by atoms with Crippen LogP contribution in [-0.2, 0) is 4.79 Å². The molecule has 1 amide bonds. The van der Waals surface area contributed by atoms with Crippen molar-refractivity contribution in [1.29, 1.82) is 5.26 Å². The summed E-state index contributed by atoms with van der Waals surface area (Å²) < 4.78 is 39.9. The summed E-state index contributed by atoms with van der Waals surface area (Å²) in [6, 6.07) is 5.02. The van der Waals surface area contributed by atoms with Gasteiger partial charge >= 0.3 is 6.36 Å². The van der Waals surface area contributed by atoms with E-state index in [4.69, 9.17) is 5.26 Å². The average Bonchev–Trinajstić information content (AvgIpc) is 2.17. The monoisotopic (exact) mass is 244 g/mol. The van der Waals surface area contributed by atoms with Crippen LogP contribution in [0.15, 0.2) is 18.2 Å². The topological polar surface area (TPSA) is 62.1 Å². The highest BCUT2D eigenvalue weighted by Crippen LogP contribution is 2.31. The summed E-state index contributed by atoms with van der Waals surface area (Å²) >= 11 is 0. The number of nitrogens with zero attached hydrogens (tertiary/aromatic N) is 1. The Bertz CT molecular complexity index is 477. The zero-order valence-corrected chi connectivity index (χ0v) is 8.63. The van der Waals surface area contributed by atoms with E-state index in [-0.39, 0.29) is 11.3 Å². The molecule has 1 N–H and O–H groups in total. The van der Waals surface area contributed by atoms with Gasteiger partial charge in [-0.15, -0.1) is 13.2 Å². The molecule has 0 radical (unpaired) electrons. The molecule has 0 aliphatic rings. The first-order chi connectivity index (χ1) is 7.81. The van der Waals surface area contributed by atoms with Gasteiger partial charge in [0.2, 0.25) is 5.91 Å². The minimum Gasteiger partial charge on any atom is -0.404 e. The number of carbonyl (C=O) groups excluding carboxylic acids is 1. The van der Waals surface area contributed by atoms with Crippen LogP contribution in [0, 0.1) is 11.3 Å². The molecule has 0 saturated carbocycles. The van der Waals surface area contributed by atoms with E-state index in [9.17, 15) is 18.0 Å². The SMILES string of the molecule is CC(=O)Nc1ccc(C#N)cc1OC(F)(F)F. The second kappa shape index (κ2) is 4.74. The highest BCUT2D eigenvalue weighted by Gasteiger charge is 2.32. The highest BCUT2D eigenvalue weighted by atomic mass is 19.4. The Morgan fingerprint density at radius 2 is 2.12 bits per heavy atom. The maximum absolute atomic E-state index is 12.1. The summed E-state index contributed by atoms with van der Waals surface area (Å²) in [7, 11) is 0. The first-order valence-corrected chi connectivity index (χ1v) is 4.39. The standard InChI is InChI=1S/C10H7F3N2O2/c1-6(16)15-8-3-2-7(5-14)4-9(8)17-10(11,12)13/h2-4H,1H3,(H,15,16). The van der Waals surface area contributed by atoms with Gasteiger partial charge < -0.3 is 10.1 Å². The van der Waals surface area contributed by atoms with Gasteiger partial charge in [0.15, 0.2) is 5.75 Å². The van der Waals surface area contributed by atoms with E-state index >= 15 is 0 Å². The molecule has 17 heavy (non-hydrogen) atoms. The zero-order chi connectivity index (χ0) is 13.1. The number of carbonyl (C=O) groups is 1. The van der Waals surface area contributed by atoms with Gasteiger partial charge in [0.05, 0.1) is 17.3 Å². The smallest absolute Gasteiger partial charge is 0.404 e. The quantitative estimate of drug-likeness (QED) is 0.868. The van der Waals surface area contributed by atoms with Crippen LogP contribution in [0.5, 0.6) is 5.75 Å². The van der Waals surface area contributed by atoms with Crippen molar-refractivity contribution < 1.29 is 22.7 Å². The van der Waals surface area contributed by atoms with E-state index in [0.717, 1.165) is 13.0 Å². The van der Waals surface area contributed by atoms with Crippen molar-refractivity contribution in [3.05, 3.63) is 23.8 Å². The van der Waals surface area contributed by atoms with E-state index in [1.807, 2.05) is 0 Å². The molecular formula is C10H7F3N2O2. The molecule has 0 aliphatic carbocycles. The molecular weight excluding hydrogens is 237 g/mol. The van der Waals surface area contributed by atoms with Crippen molar-refractivity contribution in [3.63, 3.8) is 0 Å². The van der Waals surface area contributed by atoms with Crippen molar-refractivity contribution in [2.75, 3.05) is 5.32 Å². The summed E-state index contributed by atoms with van der Waals surface area (Å²) in [6.45, 7) is 1.15. The number of nitriles is 1. The Morgan fingerprint density at radius 3 is 2.59 bits per heavy atom. The predicted octanol–water partition coefficient (Wildman–Crippen LogP) is 2.42. The Kier molecular flexibility index (Phi) is 3.58. The van der Waals surface area contributed by atoms with Crippen LogP contribution in [0.3, 0.4) is 0 Å². The average molecular weight is 244 g/mol. The van der Waals surface area contributed by atoms with E-state index in [2.05, 4.69) is 10.1 Å². The third-order valence-corrected chi connectivity index (χ3v) is 1.65. The van der Waals surface area contributed by atoms with Gasteiger partial charge in [-0.2, -0.15) is 5.26 Å². The fourth-order valence-electron chi connectivity index (χ4n) is 1.09. The molecule has 0 saturated heterocycles. The second-order valence-corrected chi connectivity index (χ2v) is 3.05. The van der Waals surface area contributed by atoms with Gasteiger partial charge in [0, 0.05) is 13.0 Å². The molecule has 0 fully saturated rings. The van der Waals surface area contributed by atoms with Gasteiger partial charge in [-0.25, -0.2) is 0 Å². The predicted molar refractivity (Wildman–Crippen MR) is 52.1 cm³/mol. The summed E-state index contributed by atoms with van der Waals surface area (Å²) in [5.74, 6) is -1.16. The van der Waals surface area contributed by atoms with Crippen molar-refractivity contribution in [2.45, 2.75) is 13.3 Å². The Labute approximate surface area is 94.6 Å². The molecule has 1 rings (SSSR count). The number of rotatable bonds is 2. The lowest BCUT2D eigenvalue weighted by Gasteiger charge is -2.13. The molecule has 4 nitrogen and oxygen atoms in total. The van der Waals surface area contributed by atoms with Gasteiger partial charge in [-0.05, 0) is 12.1 Å². The van der Waals surface area contributed by atoms with Crippen molar-refractivity contribution >= 4 is 11.6 Å². The molecule has 0 unspecified atom stereocenters. The molecule has 0 aliphatic heterocycles. The van der Waals surface area contributed by atoms with Crippen molar-refractivity contribution in [2.24, 2.45) is 0 Å². The largest absolute Gasteiger partial charge is 0.573 e. The molecule has 1 aromatic carbocycles. The van der Waals surface area contributed by atoms with E-state index in [1.54, 1.807) is 6.07 Å². The normalized spacial score (nSPS) is 10.5. The van der Waals surface area contributed by atoms with Crippen molar-refractivity contribution in [3.8, 4) is 11.8 Å². The summed E-state index contributed by atoms with van der Waals surface area (Å²) in [5.41, 5.74) is -0.146. The van der Waals surface area contributed by atoms with Crippen molar-refractivity contribution in [1.82, 2.24) is 0 Å². The molecule has 0 bridgehead atoms. The van der Waals surface area contributed by atoms with Crippen LogP contribution in [0.4, 0.5) is 18.9 Å². The van der Waals surface area contributed by atoms with Gasteiger partial charge in [0.1, 0.15) is 0 Å². The number of ether oxygens (including phenoxy) is 1. The number of alkyl halides is 3. The van der Waals surface area contributed by atoms with Crippen LogP contribution in [0.1, 0.15) is 12.5 Å². The lowest BCUT2D eigenvalue weighted by molar-refractivity contribution is -0.274. The van der Waals surface area contributed by atoms with Gasteiger partial charge in [-0.1, -0.05) is 0 Å². The summed E-state index contributed by atoms with van der Waals surface area (Å²) in [4.78, 5) is 10.8. The molecule has 0 atom stereocenters. The molecule has 0 aromatic heterocycles. The lowest BCUT2D eigenvalue weighted by atomic mass is 10.2. The third-order valence-electron chi connectivity index (χ3n) is 1.65. The van der Waals surface area contributed by atoms with Gasteiger partial charge in [-0.3, -0.25) is 4.79 Å². The summed E-state index contributed by atoms with van der Waals surface area (Å²) in [6.07, 6.45) is -4.89. The van der Waals surface area contributed by atoms with E-state index < -0.39 is 18.0 Å². The minimum absolute atomic E-state index is 0.00153. The van der Waals surface area contributed by atoms with Crippen LogP contribution >= 0.6 is 0 Å². The highest BCUT2D eigenvalue weighted by molar-refractivity contribution is 5.90. The maximum Gasteiger partial charge on any atom is 0.573 e. The first-order valence-electron chi connectivity index (χ1n) is 4.39. The van der Waals surface area contributed by atoms with Gasteiger partial charge in [0.25, 0.3) is 0 Å². The van der Waals surface area contributed by atoms with Crippen LogP contribution in [-0.4, -0.2) is 12.3 Å². The third kappa shape index (κ3) is 4.03. The minimum atomic E-state index is -4.89. The second-order valence-electron chi connectivity index (χ2n) is 3.05. The van der Waals surface area contributed by atoms with Crippen LogP contribution in [0.2, 0.25) is 0 Å². The Balaban J connectivity index is 3.12. The molecule has 7 heteroatoms. The number of halogens is 3. The number of hydrogen-bond acceptors (Lipinski definition) is 3. The van der Waals surface area contributed by atoms with E-state index in [0.29, 0.717) is 0 Å². The Hall–Kier alpha value is -2.23. The number of hydrogen-bond donors (Lipinski definition) is 1. The number of benzene rings is 1. The number of nitrogens with one attached hydrogen (secondary N) is 1.